The van der Waals surface area contributed by atoms with E-state index >= 15 is 0 Å². The summed E-state index contributed by atoms with van der Waals surface area (Å²) in [5.74, 6) is 0. The van der Waals surface area contributed by atoms with Crippen molar-refractivity contribution < 1.29 is 19.7 Å². The van der Waals surface area contributed by atoms with Gasteiger partial charge in [-0.3, -0.25) is 4.90 Å². The van der Waals surface area contributed by atoms with E-state index < -0.39 is 23.8 Å². The monoisotopic (exact) mass is 399 g/mol. The lowest BCUT2D eigenvalue weighted by Crippen LogP contribution is -2.55. The third-order valence-electron chi connectivity index (χ3n) is 5.88. The lowest BCUT2D eigenvalue weighted by molar-refractivity contribution is 0.00395. The fourth-order valence-corrected chi connectivity index (χ4v) is 4.20. The van der Waals surface area contributed by atoms with E-state index in [1.165, 1.54) is 69.1 Å². The molecule has 1 amide bonds. The average Bonchev–Trinajstić information content (AvgIpc) is 3.36. The SMILES string of the molecule is CCCCCCCCCCCCC[C@@H]1O[C@H]1[C@H](O)[C@H](C)N(C(=O)O)C(C)(C)C. The number of rotatable bonds is 15. The lowest BCUT2D eigenvalue weighted by atomic mass is 9.98. The van der Waals surface area contributed by atoms with E-state index in [-0.39, 0.29) is 12.2 Å². The minimum Gasteiger partial charge on any atom is -0.465 e. The molecule has 2 N–H and O–H groups in total. The standard InChI is InChI=1S/C23H45NO4/c1-6-7-8-9-10-11-12-13-14-15-16-17-19-21(28-19)20(25)18(2)24(22(26)27)23(3,4)5/h18-21,25H,6-17H2,1-5H3,(H,26,27)/t18-,19-,20+,21+/m0/s1. The van der Waals surface area contributed by atoms with Gasteiger partial charge < -0.3 is 14.9 Å². The van der Waals surface area contributed by atoms with Crippen molar-refractivity contribution in [1.29, 1.82) is 0 Å². The molecule has 0 bridgehead atoms. The van der Waals surface area contributed by atoms with Gasteiger partial charge in [-0.25, -0.2) is 4.79 Å². The Balaban J connectivity index is 2.11. The number of aliphatic hydroxyl groups is 1. The lowest BCUT2D eigenvalue weighted by Gasteiger charge is -2.39. The number of ether oxygens (including phenoxy) is 1. The summed E-state index contributed by atoms with van der Waals surface area (Å²) in [5.41, 5.74) is -0.549. The first-order valence-electron chi connectivity index (χ1n) is 11.6. The van der Waals surface area contributed by atoms with Gasteiger partial charge in [0.2, 0.25) is 0 Å². The number of carboxylic acid groups (broad SMARTS) is 1. The smallest absolute Gasteiger partial charge is 0.408 e. The highest BCUT2D eigenvalue weighted by molar-refractivity contribution is 5.66. The molecule has 1 aliphatic rings. The minimum atomic E-state index is -0.999. The number of aliphatic hydroxyl groups excluding tert-OH is 1. The summed E-state index contributed by atoms with van der Waals surface area (Å²) in [5, 5.41) is 20.0. The third-order valence-corrected chi connectivity index (χ3v) is 5.88. The maximum atomic E-state index is 11.6. The van der Waals surface area contributed by atoms with Crippen LogP contribution in [0.3, 0.4) is 0 Å². The van der Waals surface area contributed by atoms with Crippen molar-refractivity contribution in [3.05, 3.63) is 0 Å². The van der Waals surface area contributed by atoms with Gasteiger partial charge in [-0.1, -0.05) is 77.6 Å². The van der Waals surface area contributed by atoms with Gasteiger partial charge in [0.1, 0.15) is 12.2 Å². The molecule has 1 fully saturated rings. The second-order valence-corrected chi connectivity index (χ2v) is 9.52. The molecule has 0 aromatic heterocycles. The van der Waals surface area contributed by atoms with Crippen molar-refractivity contribution in [2.45, 2.75) is 142 Å². The zero-order valence-electron chi connectivity index (χ0n) is 19.0. The fraction of sp³-hybridized carbons (Fsp3) is 0.957. The summed E-state index contributed by atoms with van der Waals surface area (Å²) < 4.78 is 5.66. The van der Waals surface area contributed by atoms with E-state index in [1.807, 2.05) is 20.8 Å². The van der Waals surface area contributed by atoms with Crippen molar-refractivity contribution in [1.82, 2.24) is 4.90 Å². The zero-order valence-corrected chi connectivity index (χ0v) is 19.0. The molecule has 1 rings (SSSR count). The molecule has 0 unspecified atom stereocenters. The van der Waals surface area contributed by atoms with Gasteiger partial charge in [-0.2, -0.15) is 0 Å². The van der Waals surface area contributed by atoms with Gasteiger partial charge in [-0.05, 0) is 34.1 Å². The fourth-order valence-electron chi connectivity index (χ4n) is 4.20. The van der Waals surface area contributed by atoms with Crippen LogP contribution in [0, 0.1) is 0 Å². The number of hydrogen-bond acceptors (Lipinski definition) is 3. The van der Waals surface area contributed by atoms with Crippen LogP contribution in [-0.4, -0.2) is 51.1 Å². The first-order chi connectivity index (χ1) is 13.2. The molecule has 1 saturated heterocycles. The summed E-state index contributed by atoms with van der Waals surface area (Å²) in [7, 11) is 0. The van der Waals surface area contributed by atoms with E-state index in [4.69, 9.17) is 4.74 Å². The number of carbonyl (C=O) groups is 1. The molecule has 0 aliphatic carbocycles. The maximum absolute atomic E-state index is 11.6. The highest BCUT2D eigenvalue weighted by atomic mass is 16.6. The van der Waals surface area contributed by atoms with E-state index in [0.29, 0.717) is 0 Å². The van der Waals surface area contributed by atoms with Crippen LogP contribution in [0.1, 0.15) is 112 Å². The summed E-state index contributed by atoms with van der Waals surface area (Å²) in [6.45, 7) is 9.57. The Morgan fingerprint density at radius 3 is 1.86 bits per heavy atom. The Bertz CT molecular complexity index is 435. The van der Waals surface area contributed by atoms with Gasteiger partial charge in [0, 0.05) is 5.54 Å². The highest BCUT2D eigenvalue weighted by Crippen LogP contribution is 2.34. The van der Waals surface area contributed by atoms with Crippen LogP contribution in [0.5, 0.6) is 0 Å². The molecule has 1 aliphatic heterocycles. The molecule has 4 atom stereocenters. The van der Waals surface area contributed by atoms with Crippen molar-refractivity contribution in [2.75, 3.05) is 0 Å². The number of epoxide rings is 1. The van der Waals surface area contributed by atoms with E-state index in [0.717, 1.165) is 12.8 Å². The Labute approximate surface area is 172 Å². The Morgan fingerprint density at radius 2 is 1.43 bits per heavy atom. The molecule has 0 saturated carbocycles. The predicted molar refractivity (Wildman–Crippen MR) is 115 cm³/mol. The second-order valence-electron chi connectivity index (χ2n) is 9.52. The minimum absolute atomic E-state index is 0.0895. The average molecular weight is 400 g/mol. The van der Waals surface area contributed by atoms with Crippen LogP contribution in [0.15, 0.2) is 0 Å². The van der Waals surface area contributed by atoms with Gasteiger partial charge >= 0.3 is 6.09 Å². The molecule has 0 aromatic rings. The van der Waals surface area contributed by atoms with Crippen molar-refractivity contribution in [3.63, 3.8) is 0 Å². The van der Waals surface area contributed by atoms with Crippen LogP contribution in [0.25, 0.3) is 0 Å². The van der Waals surface area contributed by atoms with Gasteiger partial charge in [0.15, 0.2) is 0 Å². The van der Waals surface area contributed by atoms with Crippen LogP contribution in [-0.2, 0) is 4.74 Å². The van der Waals surface area contributed by atoms with Crippen LogP contribution < -0.4 is 0 Å². The van der Waals surface area contributed by atoms with Gasteiger partial charge in [0.25, 0.3) is 0 Å². The van der Waals surface area contributed by atoms with Crippen molar-refractivity contribution in [3.8, 4) is 0 Å². The van der Waals surface area contributed by atoms with Crippen LogP contribution in [0.4, 0.5) is 4.79 Å². The second kappa shape index (κ2) is 12.7. The molecule has 0 radical (unpaired) electrons. The highest BCUT2D eigenvalue weighted by Gasteiger charge is 2.48. The maximum Gasteiger partial charge on any atom is 0.408 e. The molecule has 166 valence electrons. The normalized spacial score (nSPS) is 21.4. The Kier molecular flexibility index (Phi) is 11.4. The van der Waals surface area contributed by atoms with Crippen LogP contribution in [0.2, 0.25) is 0 Å². The summed E-state index contributed by atoms with van der Waals surface area (Å²) in [6.07, 6.45) is 13.6. The van der Waals surface area contributed by atoms with E-state index in [2.05, 4.69) is 6.92 Å². The Morgan fingerprint density at radius 1 is 0.964 bits per heavy atom. The zero-order chi connectivity index (χ0) is 21.2. The quantitative estimate of drug-likeness (QED) is 0.262. The number of amides is 1. The van der Waals surface area contributed by atoms with Crippen molar-refractivity contribution >= 4 is 6.09 Å². The largest absolute Gasteiger partial charge is 0.465 e. The molecule has 5 heteroatoms. The summed E-state index contributed by atoms with van der Waals surface area (Å²) >= 11 is 0. The molecule has 5 nitrogen and oxygen atoms in total. The predicted octanol–water partition coefficient (Wildman–Crippen LogP) is 5.98. The molecular formula is C23H45NO4. The van der Waals surface area contributed by atoms with Crippen molar-refractivity contribution in [2.24, 2.45) is 0 Å². The Hall–Kier alpha value is -0.810. The van der Waals surface area contributed by atoms with E-state index in [9.17, 15) is 15.0 Å². The number of hydrogen-bond donors (Lipinski definition) is 2. The van der Waals surface area contributed by atoms with Gasteiger partial charge in [0.05, 0.1) is 12.1 Å². The molecular weight excluding hydrogens is 354 g/mol. The molecule has 0 spiro atoms. The molecule has 1 heterocycles. The summed E-state index contributed by atoms with van der Waals surface area (Å²) in [4.78, 5) is 12.9. The van der Waals surface area contributed by atoms with Gasteiger partial charge in [-0.15, -0.1) is 0 Å². The number of nitrogens with zero attached hydrogens (tertiary/aromatic N) is 1. The first-order valence-corrected chi connectivity index (χ1v) is 11.6. The topological polar surface area (TPSA) is 73.3 Å². The van der Waals surface area contributed by atoms with Crippen LogP contribution >= 0.6 is 0 Å². The molecule has 0 aromatic carbocycles. The third kappa shape index (κ3) is 9.13. The molecule has 28 heavy (non-hydrogen) atoms. The van der Waals surface area contributed by atoms with E-state index in [1.54, 1.807) is 6.92 Å². The summed E-state index contributed by atoms with van der Waals surface area (Å²) in [6, 6.07) is -0.482. The first kappa shape index (κ1) is 25.2. The number of unbranched alkanes of at least 4 members (excludes halogenated alkanes) is 10.